The molecule has 1 aliphatic rings. The molecule has 0 aromatic heterocycles. The Morgan fingerprint density at radius 1 is 1.62 bits per heavy atom. The summed E-state index contributed by atoms with van der Waals surface area (Å²) in [5.74, 6) is 0.173. The third-order valence-electron chi connectivity index (χ3n) is 3.00. The summed E-state index contributed by atoms with van der Waals surface area (Å²) in [7, 11) is 0. The van der Waals surface area contributed by atoms with E-state index in [-0.39, 0.29) is 5.78 Å². The molecule has 0 aromatic carbocycles. The monoisotopic (exact) mass is 186 g/mol. The van der Waals surface area contributed by atoms with E-state index in [9.17, 15) is 15.0 Å². The molecule has 0 bridgehead atoms. The predicted octanol–water partition coefficient (Wildman–Crippen LogP) is 0.877. The van der Waals surface area contributed by atoms with Gasteiger partial charge in [-0.3, -0.25) is 4.79 Å². The summed E-state index contributed by atoms with van der Waals surface area (Å²) in [6.45, 7) is 3.74. The molecule has 1 rings (SSSR count). The lowest BCUT2D eigenvalue weighted by molar-refractivity contribution is -0.158. The molecule has 3 unspecified atom stereocenters. The second-order valence-corrected chi connectivity index (χ2v) is 4.10. The average molecular weight is 186 g/mol. The molecule has 3 heteroatoms. The maximum absolute atomic E-state index is 11.4. The molecule has 1 aliphatic carbocycles. The minimum atomic E-state index is -1.46. The van der Waals surface area contributed by atoms with Gasteiger partial charge in [0.2, 0.25) is 0 Å². The Bertz CT molecular complexity index is 202. The first-order valence-corrected chi connectivity index (χ1v) is 4.94. The second-order valence-electron chi connectivity index (χ2n) is 4.10. The van der Waals surface area contributed by atoms with Crippen LogP contribution >= 0.6 is 0 Å². The van der Waals surface area contributed by atoms with Crippen LogP contribution < -0.4 is 0 Å². The van der Waals surface area contributed by atoms with Crippen LogP contribution in [0.5, 0.6) is 0 Å². The van der Waals surface area contributed by atoms with E-state index in [4.69, 9.17) is 0 Å². The van der Waals surface area contributed by atoms with Crippen LogP contribution in [0.2, 0.25) is 0 Å². The molecule has 2 N–H and O–H groups in total. The second kappa shape index (κ2) is 3.76. The van der Waals surface area contributed by atoms with Gasteiger partial charge in [-0.15, -0.1) is 0 Å². The summed E-state index contributed by atoms with van der Waals surface area (Å²) >= 11 is 0. The molecule has 0 spiro atoms. The van der Waals surface area contributed by atoms with E-state index < -0.39 is 11.7 Å². The maximum atomic E-state index is 11.4. The minimum Gasteiger partial charge on any atom is -0.390 e. The Labute approximate surface area is 78.8 Å². The van der Waals surface area contributed by atoms with Gasteiger partial charge < -0.3 is 10.2 Å². The van der Waals surface area contributed by atoms with Gasteiger partial charge in [-0.25, -0.2) is 0 Å². The summed E-state index contributed by atoms with van der Waals surface area (Å²) < 4.78 is 0. The van der Waals surface area contributed by atoms with Crippen LogP contribution in [0.1, 0.15) is 39.5 Å². The lowest BCUT2D eigenvalue weighted by atomic mass is 9.74. The summed E-state index contributed by atoms with van der Waals surface area (Å²) in [5, 5.41) is 19.6. The number of rotatable bonds is 2. The molecule has 3 atom stereocenters. The van der Waals surface area contributed by atoms with E-state index in [0.717, 1.165) is 6.42 Å². The Morgan fingerprint density at radius 2 is 2.23 bits per heavy atom. The third-order valence-corrected chi connectivity index (χ3v) is 3.00. The number of carbonyl (C=O) groups excluding carboxylic acids is 1. The Balaban J connectivity index is 2.73. The Hall–Kier alpha value is -0.410. The topological polar surface area (TPSA) is 57.5 Å². The number of ketones is 1. The molecule has 0 radical (unpaired) electrons. The predicted molar refractivity (Wildman–Crippen MR) is 49.3 cm³/mol. The molecule has 3 nitrogen and oxygen atoms in total. The fourth-order valence-corrected chi connectivity index (χ4v) is 1.96. The van der Waals surface area contributed by atoms with Gasteiger partial charge in [0, 0.05) is 6.42 Å². The van der Waals surface area contributed by atoms with Gasteiger partial charge in [-0.05, 0) is 25.2 Å². The molecule has 0 aromatic rings. The number of carbonyl (C=O) groups is 1. The zero-order chi connectivity index (χ0) is 10.1. The first kappa shape index (κ1) is 10.7. The zero-order valence-electron chi connectivity index (χ0n) is 8.29. The summed E-state index contributed by atoms with van der Waals surface area (Å²) in [6.07, 6.45) is 1.18. The number of Topliss-reactive ketones (excluding diaryl/α,β-unsaturated/α-hetero) is 1. The maximum Gasteiger partial charge on any atom is 0.166 e. The van der Waals surface area contributed by atoms with Crippen LogP contribution in [0, 0.1) is 5.92 Å². The molecule has 0 aliphatic heterocycles. The van der Waals surface area contributed by atoms with Gasteiger partial charge in [0.25, 0.3) is 0 Å². The van der Waals surface area contributed by atoms with Crippen molar-refractivity contribution in [3.8, 4) is 0 Å². The normalized spacial score (nSPS) is 40.3. The van der Waals surface area contributed by atoms with Crippen LogP contribution in [0.25, 0.3) is 0 Å². The largest absolute Gasteiger partial charge is 0.390 e. The quantitative estimate of drug-likeness (QED) is 0.673. The molecule has 13 heavy (non-hydrogen) atoms. The van der Waals surface area contributed by atoms with Crippen molar-refractivity contribution in [1.29, 1.82) is 0 Å². The first-order valence-electron chi connectivity index (χ1n) is 4.94. The van der Waals surface area contributed by atoms with Crippen LogP contribution in [0.4, 0.5) is 0 Å². The van der Waals surface area contributed by atoms with Gasteiger partial charge in [0.1, 0.15) is 5.60 Å². The van der Waals surface area contributed by atoms with Crippen molar-refractivity contribution in [2.24, 2.45) is 5.92 Å². The van der Waals surface area contributed by atoms with Gasteiger partial charge in [-0.1, -0.05) is 13.8 Å². The molecular weight excluding hydrogens is 168 g/mol. The fraction of sp³-hybridized carbons (Fsp3) is 0.900. The molecule has 0 heterocycles. The smallest absolute Gasteiger partial charge is 0.166 e. The highest BCUT2D eigenvalue weighted by atomic mass is 16.3. The minimum absolute atomic E-state index is 0.230. The lowest BCUT2D eigenvalue weighted by Crippen LogP contribution is -2.52. The van der Waals surface area contributed by atoms with Gasteiger partial charge >= 0.3 is 0 Å². The summed E-state index contributed by atoms with van der Waals surface area (Å²) in [4.78, 5) is 11.4. The van der Waals surface area contributed by atoms with E-state index in [1.54, 1.807) is 6.92 Å². The highest BCUT2D eigenvalue weighted by Crippen LogP contribution is 2.33. The molecular formula is C10H18O3. The third kappa shape index (κ3) is 1.92. The molecule has 0 saturated heterocycles. The van der Waals surface area contributed by atoms with Crippen LogP contribution in [0.3, 0.4) is 0 Å². The fourth-order valence-electron chi connectivity index (χ4n) is 1.96. The van der Waals surface area contributed by atoms with E-state index in [0.29, 0.717) is 25.2 Å². The Kier molecular flexibility index (Phi) is 3.09. The van der Waals surface area contributed by atoms with E-state index in [2.05, 4.69) is 0 Å². The molecule has 1 fully saturated rings. The van der Waals surface area contributed by atoms with E-state index in [1.807, 2.05) is 6.92 Å². The van der Waals surface area contributed by atoms with Gasteiger partial charge in [-0.2, -0.15) is 0 Å². The van der Waals surface area contributed by atoms with Crippen LogP contribution in [0.15, 0.2) is 0 Å². The molecule has 1 saturated carbocycles. The lowest BCUT2D eigenvalue weighted by Gasteiger charge is -2.37. The number of aliphatic hydroxyl groups excluding tert-OH is 1. The first-order chi connectivity index (χ1) is 6.00. The SMILES string of the molecule is CCC(=O)C1(O)CCC(C)CC1O. The number of aliphatic hydroxyl groups is 2. The van der Waals surface area contributed by atoms with Gasteiger partial charge in [0.05, 0.1) is 6.10 Å². The Morgan fingerprint density at radius 3 is 2.69 bits per heavy atom. The van der Waals surface area contributed by atoms with Crippen molar-refractivity contribution >= 4 is 5.78 Å². The van der Waals surface area contributed by atoms with Crippen molar-refractivity contribution < 1.29 is 15.0 Å². The highest BCUT2D eigenvalue weighted by molar-refractivity contribution is 5.87. The van der Waals surface area contributed by atoms with E-state index in [1.165, 1.54) is 0 Å². The number of hydrogen-bond acceptors (Lipinski definition) is 3. The molecule has 0 amide bonds. The van der Waals surface area contributed by atoms with Crippen molar-refractivity contribution in [2.45, 2.75) is 51.2 Å². The zero-order valence-corrected chi connectivity index (χ0v) is 8.29. The van der Waals surface area contributed by atoms with Crippen molar-refractivity contribution in [3.63, 3.8) is 0 Å². The van der Waals surface area contributed by atoms with Gasteiger partial charge in [0.15, 0.2) is 5.78 Å². The van der Waals surface area contributed by atoms with Crippen molar-refractivity contribution in [3.05, 3.63) is 0 Å². The highest BCUT2D eigenvalue weighted by Gasteiger charge is 2.44. The van der Waals surface area contributed by atoms with Crippen LogP contribution in [-0.2, 0) is 4.79 Å². The summed E-state index contributed by atoms with van der Waals surface area (Å²) in [6, 6.07) is 0. The van der Waals surface area contributed by atoms with Crippen molar-refractivity contribution in [2.75, 3.05) is 0 Å². The summed E-state index contributed by atoms with van der Waals surface area (Å²) in [5.41, 5.74) is -1.46. The standard InChI is InChI=1S/C10H18O3/c1-3-8(11)10(13)5-4-7(2)6-9(10)12/h7,9,12-13H,3-6H2,1-2H3. The number of hydrogen-bond donors (Lipinski definition) is 2. The van der Waals surface area contributed by atoms with E-state index >= 15 is 0 Å². The average Bonchev–Trinajstić information content (AvgIpc) is 2.11. The van der Waals surface area contributed by atoms with Crippen molar-refractivity contribution in [1.82, 2.24) is 0 Å². The van der Waals surface area contributed by atoms with Crippen LogP contribution in [-0.4, -0.2) is 27.7 Å². The molecule has 76 valence electrons.